The van der Waals surface area contributed by atoms with Gasteiger partial charge in [-0.2, -0.15) is 0 Å². The molecule has 0 saturated carbocycles. The second-order valence-corrected chi connectivity index (χ2v) is 4.17. The van der Waals surface area contributed by atoms with E-state index in [-0.39, 0.29) is 6.61 Å². The van der Waals surface area contributed by atoms with E-state index in [9.17, 15) is 5.11 Å². The summed E-state index contributed by atoms with van der Waals surface area (Å²) in [6.45, 7) is 2.37. The Bertz CT molecular complexity index is 267. The van der Waals surface area contributed by atoms with Gasteiger partial charge in [-0.25, -0.2) is 0 Å². The number of rotatable bonds is 5. The lowest BCUT2D eigenvalue weighted by Crippen LogP contribution is -2.29. The fourth-order valence-electron chi connectivity index (χ4n) is 2.09. The topological polar surface area (TPSA) is 23.5 Å². The zero-order chi connectivity index (χ0) is 11.3. The van der Waals surface area contributed by atoms with Crippen molar-refractivity contribution in [2.75, 3.05) is 20.7 Å². The van der Waals surface area contributed by atoms with Crippen LogP contribution in [0.2, 0.25) is 0 Å². The van der Waals surface area contributed by atoms with Crippen LogP contribution in [0.4, 0.5) is 0 Å². The van der Waals surface area contributed by atoms with Crippen molar-refractivity contribution < 1.29 is 5.11 Å². The molecule has 15 heavy (non-hydrogen) atoms. The Kier molecular flexibility index (Phi) is 4.79. The molecule has 0 aromatic heterocycles. The van der Waals surface area contributed by atoms with E-state index in [4.69, 9.17) is 0 Å². The minimum atomic E-state index is 0.244. The van der Waals surface area contributed by atoms with Gasteiger partial charge in [0.15, 0.2) is 0 Å². The Morgan fingerprint density at radius 2 is 1.80 bits per heavy atom. The molecule has 0 fully saturated rings. The molecule has 0 saturated heterocycles. The predicted octanol–water partition coefficient (Wildman–Crippen LogP) is 2.31. The van der Waals surface area contributed by atoms with Crippen molar-refractivity contribution in [2.24, 2.45) is 5.92 Å². The zero-order valence-corrected chi connectivity index (χ0v) is 9.85. The van der Waals surface area contributed by atoms with E-state index in [0.29, 0.717) is 12.0 Å². The largest absolute Gasteiger partial charge is 0.396 e. The first-order valence-corrected chi connectivity index (χ1v) is 5.53. The molecule has 2 heteroatoms. The molecule has 1 N–H and O–H groups in total. The van der Waals surface area contributed by atoms with Crippen LogP contribution >= 0.6 is 0 Å². The van der Waals surface area contributed by atoms with Gasteiger partial charge < -0.3 is 10.0 Å². The minimum absolute atomic E-state index is 0.244. The first kappa shape index (κ1) is 12.2. The standard InChI is InChI=1S/C13H21NO/c1-4-11(10-15)13(14(2)3)12-8-6-5-7-9-12/h5-9,11,13,15H,4,10H2,1-3H3. The van der Waals surface area contributed by atoms with E-state index in [1.807, 2.05) is 6.07 Å². The molecular weight excluding hydrogens is 186 g/mol. The molecule has 0 spiro atoms. The quantitative estimate of drug-likeness (QED) is 0.801. The fourth-order valence-corrected chi connectivity index (χ4v) is 2.09. The Morgan fingerprint density at radius 1 is 1.20 bits per heavy atom. The van der Waals surface area contributed by atoms with Crippen molar-refractivity contribution in [3.63, 3.8) is 0 Å². The zero-order valence-electron chi connectivity index (χ0n) is 9.85. The Balaban J connectivity index is 2.92. The molecule has 0 amide bonds. The van der Waals surface area contributed by atoms with Crippen LogP contribution in [0.3, 0.4) is 0 Å². The van der Waals surface area contributed by atoms with Crippen LogP contribution in [-0.4, -0.2) is 30.7 Å². The van der Waals surface area contributed by atoms with Gasteiger partial charge in [-0.3, -0.25) is 0 Å². The summed E-state index contributed by atoms with van der Waals surface area (Å²) in [6.07, 6.45) is 0.994. The van der Waals surface area contributed by atoms with Crippen LogP contribution in [0.25, 0.3) is 0 Å². The number of hydrogen-bond donors (Lipinski definition) is 1. The average molecular weight is 207 g/mol. The molecule has 84 valence electrons. The minimum Gasteiger partial charge on any atom is -0.396 e. The van der Waals surface area contributed by atoms with Crippen molar-refractivity contribution in [2.45, 2.75) is 19.4 Å². The number of benzene rings is 1. The molecule has 0 aliphatic carbocycles. The number of aliphatic hydroxyl groups is 1. The van der Waals surface area contributed by atoms with Crippen LogP contribution in [0, 0.1) is 5.92 Å². The van der Waals surface area contributed by atoms with Gasteiger partial charge in [0.1, 0.15) is 0 Å². The van der Waals surface area contributed by atoms with Crippen LogP contribution in [0.1, 0.15) is 24.9 Å². The normalized spacial score (nSPS) is 15.3. The van der Waals surface area contributed by atoms with E-state index in [2.05, 4.69) is 50.2 Å². The molecule has 0 radical (unpaired) electrons. The molecule has 0 aliphatic rings. The van der Waals surface area contributed by atoms with E-state index < -0.39 is 0 Å². The van der Waals surface area contributed by atoms with E-state index >= 15 is 0 Å². The molecule has 0 bridgehead atoms. The van der Waals surface area contributed by atoms with Gasteiger partial charge in [-0.1, -0.05) is 37.3 Å². The molecule has 0 aliphatic heterocycles. The lowest BCUT2D eigenvalue weighted by molar-refractivity contribution is 0.130. The van der Waals surface area contributed by atoms with Crippen molar-refractivity contribution in [1.82, 2.24) is 4.90 Å². The maximum absolute atomic E-state index is 9.38. The lowest BCUT2D eigenvalue weighted by atomic mass is 9.91. The Labute approximate surface area is 92.5 Å². The van der Waals surface area contributed by atoms with Crippen LogP contribution in [-0.2, 0) is 0 Å². The smallest absolute Gasteiger partial charge is 0.0477 e. The predicted molar refractivity (Wildman–Crippen MR) is 63.7 cm³/mol. The van der Waals surface area contributed by atoms with Gasteiger partial charge >= 0.3 is 0 Å². The summed E-state index contributed by atoms with van der Waals surface area (Å²) >= 11 is 0. The second kappa shape index (κ2) is 5.89. The summed E-state index contributed by atoms with van der Waals surface area (Å²) in [6, 6.07) is 10.7. The molecular formula is C13H21NO. The molecule has 1 aromatic rings. The van der Waals surface area contributed by atoms with E-state index in [1.54, 1.807) is 0 Å². The van der Waals surface area contributed by atoms with E-state index in [0.717, 1.165) is 6.42 Å². The van der Waals surface area contributed by atoms with Gasteiger partial charge in [0.2, 0.25) is 0 Å². The highest BCUT2D eigenvalue weighted by Gasteiger charge is 2.22. The molecule has 1 aromatic carbocycles. The number of nitrogens with zero attached hydrogens (tertiary/aromatic N) is 1. The van der Waals surface area contributed by atoms with Crippen molar-refractivity contribution in [3.05, 3.63) is 35.9 Å². The number of aliphatic hydroxyl groups excluding tert-OH is 1. The third-order valence-electron chi connectivity index (χ3n) is 2.90. The second-order valence-electron chi connectivity index (χ2n) is 4.17. The Hall–Kier alpha value is -0.860. The van der Waals surface area contributed by atoms with Crippen LogP contribution < -0.4 is 0 Å². The van der Waals surface area contributed by atoms with Gasteiger partial charge in [0.25, 0.3) is 0 Å². The fraction of sp³-hybridized carbons (Fsp3) is 0.538. The molecule has 0 heterocycles. The first-order chi connectivity index (χ1) is 7.20. The molecule has 1 rings (SSSR count). The highest BCUT2D eigenvalue weighted by Crippen LogP contribution is 2.28. The van der Waals surface area contributed by atoms with Gasteiger partial charge in [-0.15, -0.1) is 0 Å². The molecule has 2 atom stereocenters. The molecule has 2 nitrogen and oxygen atoms in total. The van der Waals surface area contributed by atoms with E-state index in [1.165, 1.54) is 5.56 Å². The monoisotopic (exact) mass is 207 g/mol. The maximum Gasteiger partial charge on any atom is 0.0477 e. The summed E-state index contributed by atoms with van der Waals surface area (Å²) < 4.78 is 0. The highest BCUT2D eigenvalue weighted by atomic mass is 16.3. The van der Waals surface area contributed by atoms with Crippen LogP contribution in [0.15, 0.2) is 30.3 Å². The van der Waals surface area contributed by atoms with Crippen molar-refractivity contribution >= 4 is 0 Å². The van der Waals surface area contributed by atoms with Crippen molar-refractivity contribution in [1.29, 1.82) is 0 Å². The SMILES string of the molecule is CCC(CO)C(c1ccccc1)N(C)C. The van der Waals surface area contributed by atoms with Gasteiger partial charge in [-0.05, 0) is 26.1 Å². The lowest BCUT2D eigenvalue weighted by Gasteiger charge is -2.31. The third kappa shape index (κ3) is 3.05. The van der Waals surface area contributed by atoms with Crippen molar-refractivity contribution in [3.8, 4) is 0 Å². The molecule has 2 unspecified atom stereocenters. The van der Waals surface area contributed by atoms with Gasteiger partial charge in [0, 0.05) is 18.6 Å². The summed E-state index contributed by atoms with van der Waals surface area (Å²) in [4.78, 5) is 2.18. The summed E-state index contributed by atoms with van der Waals surface area (Å²) in [5, 5.41) is 9.38. The summed E-state index contributed by atoms with van der Waals surface area (Å²) in [5.74, 6) is 0.308. The van der Waals surface area contributed by atoms with Crippen LogP contribution in [0.5, 0.6) is 0 Å². The Morgan fingerprint density at radius 3 is 2.20 bits per heavy atom. The maximum atomic E-state index is 9.38. The highest BCUT2D eigenvalue weighted by molar-refractivity contribution is 5.19. The third-order valence-corrected chi connectivity index (χ3v) is 2.90. The first-order valence-electron chi connectivity index (χ1n) is 5.53. The summed E-state index contributed by atoms with van der Waals surface area (Å²) in [5.41, 5.74) is 1.28. The van der Waals surface area contributed by atoms with Gasteiger partial charge in [0.05, 0.1) is 0 Å². The average Bonchev–Trinajstić information content (AvgIpc) is 2.26. The summed E-state index contributed by atoms with van der Waals surface area (Å²) in [7, 11) is 4.13. The number of hydrogen-bond acceptors (Lipinski definition) is 2.